The van der Waals surface area contributed by atoms with Crippen LogP contribution in [0.1, 0.15) is 5.82 Å². The molecule has 1 N–H and O–H groups in total. The van der Waals surface area contributed by atoms with Crippen molar-refractivity contribution in [2.45, 2.75) is 6.54 Å². The Labute approximate surface area is 104 Å². The second kappa shape index (κ2) is 4.87. The van der Waals surface area contributed by atoms with E-state index in [-0.39, 0.29) is 6.54 Å². The summed E-state index contributed by atoms with van der Waals surface area (Å²) in [5, 5.41) is 2.15. The van der Waals surface area contributed by atoms with Crippen molar-refractivity contribution in [3.63, 3.8) is 0 Å². The summed E-state index contributed by atoms with van der Waals surface area (Å²) in [6.45, 7) is -0.179. The number of aromatic nitrogens is 2. The van der Waals surface area contributed by atoms with Crippen molar-refractivity contribution in [1.29, 1.82) is 0 Å². The second-order valence-electron chi connectivity index (χ2n) is 3.75. The molecule has 8 heteroatoms. The monoisotopic (exact) mass is 277 g/mol. The fourth-order valence-electron chi connectivity index (χ4n) is 1.49. The maximum Gasteiger partial charge on any atom is 0.200 e. The van der Waals surface area contributed by atoms with E-state index in [0.29, 0.717) is 5.82 Å². The summed E-state index contributed by atoms with van der Waals surface area (Å²) in [7, 11) is 1.63. The van der Waals surface area contributed by atoms with Crippen molar-refractivity contribution in [1.82, 2.24) is 9.55 Å². The van der Waals surface area contributed by atoms with Gasteiger partial charge in [-0.25, -0.2) is 26.9 Å². The molecule has 102 valence electrons. The molecule has 3 nitrogen and oxygen atoms in total. The summed E-state index contributed by atoms with van der Waals surface area (Å²) >= 11 is 0. The van der Waals surface area contributed by atoms with Crippen molar-refractivity contribution < 1.29 is 22.0 Å². The number of nitrogens with one attached hydrogen (secondary N) is 1. The van der Waals surface area contributed by atoms with Crippen LogP contribution in [0.15, 0.2) is 12.4 Å². The zero-order valence-corrected chi connectivity index (χ0v) is 9.65. The summed E-state index contributed by atoms with van der Waals surface area (Å²) in [6, 6.07) is 0. The van der Waals surface area contributed by atoms with Gasteiger partial charge in [0.2, 0.25) is 5.82 Å². The number of nitrogens with zero attached hydrogens (tertiary/aromatic N) is 2. The summed E-state index contributed by atoms with van der Waals surface area (Å²) in [5.74, 6) is -9.57. The summed E-state index contributed by atoms with van der Waals surface area (Å²) < 4.78 is 66.8. The third-order valence-electron chi connectivity index (χ3n) is 2.55. The van der Waals surface area contributed by atoms with E-state index in [4.69, 9.17) is 0 Å². The predicted molar refractivity (Wildman–Crippen MR) is 56.8 cm³/mol. The molecule has 0 bridgehead atoms. The molecule has 0 radical (unpaired) electrons. The SMILES string of the molecule is Cn1ccnc1CNc1c(F)c(F)c(F)c(F)c1F. The lowest BCUT2D eigenvalue weighted by Gasteiger charge is -2.10. The first-order valence-corrected chi connectivity index (χ1v) is 5.15. The molecule has 1 heterocycles. The van der Waals surface area contributed by atoms with Gasteiger partial charge in [0, 0.05) is 19.4 Å². The molecule has 0 aliphatic carbocycles. The Hall–Kier alpha value is -2.12. The zero-order valence-electron chi connectivity index (χ0n) is 9.65. The van der Waals surface area contributed by atoms with Crippen LogP contribution in [0.2, 0.25) is 0 Å². The average molecular weight is 277 g/mol. The van der Waals surface area contributed by atoms with E-state index < -0.39 is 34.8 Å². The van der Waals surface area contributed by atoms with Crippen LogP contribution >= 0.6 is 0 Å². The molecule has 0 spiro atoms. The van der Waals surface area contributed by atoms with E-state index in [1.807, 2.05) is 0 Å². The molecule has 2 rings (SSSR count). The Kier molecular flexibility index (Phi) is 3.41. The van der Waals surface area contributed by atoms with Crippen molar-refractivity contribution in [3.8, 4) is 0 Å². The van der Waals surface area contributed by atoms with Gasteiger partial charge in [-0.3, -0.25) is 0 Å². The van der Waals surface area contributed by atoms with Gasteiger partial charge in [-0.1, -0.05) is 0 Å². The molecule has 0 aliphatic heterocycles. The lowest BCUT2D eigenvalue weighted by Crippen LogP contribution is -2.12. The third kappa shape index (κ3) is 2.25. The predicted octanol–water partition coefficient (Wildman–Crippen LogP) is 2.73. The summed E-state index contributed by atoms with van der Waals surface area (Å²) in [6.07, 6.45) is 3.02. The number of halogens is 5. The smallest absolute Gasteiger partial charge is 0.200 e. The van der Waals surface area contributed by atoms with E-state index in [0.717, 1.165) is 0 Å². The van der Waals surface area contributed by atoms with Crippen LogP contribution < -0.4 is 5.32 Å². The summed E-state index contributed by atoms with van der Waals surface area (Å²) in [5.41, 5.74) is -1.07. The third-order valence-corrected chi connectivity index (χ3v) is 2.55. The van der Waals surface area contributed by atoms with E-state index in [9.17, 15) is 22.0 Å². The lowest BCUT2D eigenvalue weighted by molar-refractivity contribution is 0.381. The Morgan fingerprint density at radius 3 is 2.00 bits per heavy atom. The van der Waals surface area contributed by atoms with Gasteiger partial charge in [0.25, 0.3) is 0 Å². The van der Waals surface area contributed by atoms with Crippen molar-refractivity contribution in [3.05, 3.63) is 47.3 Å². The van der Waals surface area contributed by atoms with E-state index in [1.165, 1.54) is 6.20 Å². The molecule has 0 saturated carbocycles. The van der Waals surface area contributed by atoms with E-state index >= 15 is 0 Å². The van der Waals surface area contributed by atoms with Gasteiger partial charge in [0.1, 0.15) is 11.5 Å². The van der Waals surface area contributed by atoms with Crippen molar-refractivity contribution in [2.24, 2.45) is 7.05 Å². The number of rotatable bonds is 3. The molecule has 0 saturated heterocycles. The van der Waals surface area contributed by atoms with Gasteiger partial charge >= 0.3 is 0 Å². The van der Waals surface area contributed by atoms with Gasteiger partial charge in [0.05, 0.1) is 6.54 Å². The minimum Gasteiger partial charge on any atom is -0.373 e. The van der Waals surface area contributed by atoms with Crippen LogP contribution in [0.5, 0.6) is 0 Å². The topological polar surface area (TPSA) is 29.9 Å². The zero-order chi connectivity index (χ0) is 14.2. The number of imidazole rings is 1. The maximum atomic E-state index is 13.3. The van der Waals surface area contributed by atoms with Crippen LogP contribution in [0.25, 0.3) is 0 Å². The van der Waals surface area contributed by atoms with Crippen LogP contribution in [0.4, 0.5) is 27.6 Å². The number of benzene rings is 1. The van der Waals surface area contributed by atoms with Gasteiger partial charge in [-0.15, -0.1) is 0 Å². The molecule has 1 aromatic carbocycles. The molecule has 0 unspecified atom stereocenters. The van der Waals surface area contributed by atoms with Crippen LogP contribution in [0, 0.1) is 29.1 Å². The van der Waals surface area contributed by atoms with Crippen molar-refractivity contribution in [2.75, 3.05) is 5.32 Å². The standard InChI is InChI=1S/C11H8F5N3/c1-19-3-2-17-5(19)4-18-11-9(15)7(13)6(12)8(14)10(11)16/h2-3,18H,4H2,1H3. The Bertz CT molecular complexity index is 594. The average Bonchev–Trinajstić information content (AvgIpc) is 2.80. The Morgan fingerprint density at radius 1 is 1.00 bits per heavy atom. The van der Waals surface area contributed by atoms with Crippen LogP contribution in [-0.2, 0) is 13.6 Å². The fourth-order valence-corrected chi connectivity index (χ4v) is 1.49. The molecule has 1 aromatic heterocycles. The number of anilines is 1. The molecule has 0 amide bonds. The molecular formula is C11H8F5N3. The first kappa shape index (κ1) is 13.3. The molecule has 0 fully saturated rings. The Morgan fingerprint density at radius 2 is 1.53 bits per heavy atom. The molecular weight excluding hydrogens is 269 g/mol. The Balaban J connectivity index is 2.33. The van der Waals surface area contributed by atoms with Gasteiger partial charge in [-0.05, 0) is 0 Å². The van der Waals surface area contributed by atoms with Gasteiger partial charge in [0.15, 0.2) is 23.3 Å². The van der Waals surface area contributed by atoms with E-state index in [2.05, 4.69) is 10.3 Å². The van der Waals surface area contributed by atoms with E-state index in [1.54, 1.807) is 17.8 Å². The number of aryl methyl sites for hydroxylation is 1. The fraction of sp³-hybridized carbons (Fsp3) is 0.182. The number of hydrogen-bond donors (Lipinski definition) is 1. The van der Waals surface area contributed by atoms with Crippen LogP contribution in [0.3, 0.4) is 0 Å². The molecule has 19 heavy (non-hydrogen) atoms. The van der Waals surface area contributed by atoms with Crippen molar-refractivity contribution >= 4 is 5.69 Å². The highest BCUT2D eigenvalue weighted by atomic mass is 19.2. The lowest BCUT2D eigenvalue weighted by atomic mass is 10.2. The second-order valence-corrected chi connectivity index (χ2v) is 3.75. The quantitative estimate of drug-likeness (QED) is 0.531. The summed E-state index contributed by atoms with van der Waals surface area (Å²) in [4.78, 5) is 3.85. The van der Waals surface area contributed by atoms with Gasteiger partial charge < -0.3 is 9.88 Å². The highest BCUT2D eigenvalue weighted by molar-refractivity contribution is 5.47. The van der Waals surface area contributed by atoms with Crippen LogP contribution in [-0.4, -0.2) is 9.55 Å². The normalized spacial score (nSPS) is 10.8. The molecule has 0 atom stereocenters. The highest BCUT2D eigenvalue weighted by Gasteiger charge is 2.25. The first-order chi connectivity index (χ1) is 8.93. The first-order valence-electron chi connectivity index (χ1n) is 5.15. The largest absolute Gasteiger partial charge is 0.373 e. The maximum absolute atomic E-state index is 13.3. The molecule has 0 aliphatic rings. The minimum atomic E-state index is -2.18. The molecule has 2 aromatic rings. The minimum absolute atomic E-state index is 0.179. The number of hydrogen-bond acceptors (Lipinski definition) is 2. The van der Waals surface area contributed by atoms with Gasteiger partial charge in [-0.2, -0.15) is 0 Å². The highest BCUT2D eigenvalue weighted by Crippen LogP contribution is 2.27.